The number of fused-ring (bicyclic) bond motifs is 2. The van der Waals surface area contributed by atoms with E-state index in [1.54, 1.807) is 48.8 Å². The number of carbonyl (C=O) groups is 4. The Morgan fingerprint density at radius 2 is 1.76 bits per heavy atom. The molecule has 66 heavy (non-hydrogen) atoms. The van der Waals surface area contributed by atoms with Crippen LogP contribution in [-0.2, 0) is 24.4 Å². The molecule has 2 aliphatic carbocycles. The fourth-order valence-electron chi connectivity index (χ4n) is 8.98. The highest BCUT2D eigenvalue weighted by Crippen LogP contribution is 2.48. The molecule has 7 atom stereocenters. The summed E-state index contributed by atoms with van der Waals surface area (Å²) in [7, 11) is -4.14. The van der Waals surface area contributed by atoms with Crippen LogP contribution >= 0.6 is 0 Å². The van der Waals surface area contributed by atoms with Crippen LogP contribution in [0.4, 0.5) is 18.0 Å². The van der Waals surface area contributed by atoms with Crippen molar-refractivity contribution < 1.29 is 55.3 Å². The average molecular weight is 942 g/mol. The van der Waals surface area contributed by atoms with Crippen LogP contribution in [0, 0.1) is 17.8 Å². The number of alkyl halides is 3. The van der Waals surface area contributed by atoms with Gasteiger partial charge in [-0.25, -0.2) is 22.9 Å². The second kappa shape index (κ2) is 17.9. The summed E-state index contributed by atoms with van der Waals surface area (Å²) in [6, 6.07) is 8.72. The maximum Gasteiger partial charge on any atom is 0.411 e. The number of halogens is 3. The van der Waals surface area contributed by atoms with Crippen molar-refractivity contribution in [1.82, 2.24) is 34.6 Å². The number of rotatable bonds is 11. The number of ether oxygens (including phenoxy) is 2. The second-order valence-corrected chi connectivity index (χ2v) is 21.5. The van der Waals surface area contributed by atoms with E-state index in [2.05, 4.69) is 15.1 Å². The lowest BCUT2D eigenvalue weighted by Crippen LogP contribution is -2.66. The number of carboxylic acid groups (broad SMARTS) is 1. The van der Waals surface area contributed by atoms with Crippen LogP contribution in [0.3, 0.4) is 0 Å². The lowest BCUT2D eigenvalue weighted by atomic mass is 9.85. The molecule has 1 aromatic carbocycles. The van der Waals surface area contributed by atoms with E-state index in [4.69, 9.17) is 14.5 Å². The molecule has 0 radical (unpaired) electrons. The van der Waals surface area contributed by atoms with E-state index in [1.807, 2.05) is 39.0 Å². The number of hydrogen-bond acceptors (Lipinski definition) is 10. The van der Waals surface area contributed by atoms with Crippen molar-refractivity contribution >= 4 is 33.8 Å². The number of nitrogens with one attached hydrogen (secondary N) is 2. The fourth-order valence-corrected chi connectivity index (χ4v) is 10.3. The third-order valence-corrected chi connectivity index (χ3v) is 15.5. The molecule has 3 N–H and O–H groups in total. The molecular formula is C46H58F3N7O9S. The summed E-state index contributed by atoms with van der Waals surface area (Å²) in [5, 5.41) is 17.7. The number of pyridine rings is 1. The maximum absolute atomic E-state index is 15.2. The molecule has 7 rings (SSSR count). The standard InChI is InChI=1S/C46H58F3N7O9S/c1-27(2)64-32-15-13-30(14-16-32)35-22-33(24-37(51-35)55-20-10-19-50-55)65-34-23-36-39(57)52-45(41(59)53-66(62,63)44(7)17-18-44)25-31(45)12-9-8-11-28(3)21-29(4)38(40(58)54(36)26-34)56(42(60)61)43(5,6)46(47,48)49/h9-10,12-16,19-20,22,24,27-29,31,34,36,38H,8,11,17-18,21,23,25-26H2,1-7H3,(H,52,57)(H,53,59)(H,60,61)/t28-,29+,31+,34+,36-,38-,45+/m0/s1. The predicted molar refractivity (Wildman–Crippen MR) is 236 cm³/mol. The van der Waals surface area contributed by atoms with E-state index in [9.17, 15) is 41.1 Å². The molecule has 2 saturated carbocycles. The minimum absolute atomic E-state index is 0.0379. The quantitative estimate of drug-likeness (QED) is 0.174. The predicted octanol–water partition coefficient (Wildman–Crippen LogP) is 6.65. The number of allylic oxidation sites excluding steroid dienone is 1. The molecular weight excluding hydrogens is 884 g/mol. The molecule has 2 aromatic heterocycles. The lowest BCUT2D eigenvalue weighted by molar-refractivity contribution is -0.222. The molecule has 3 aromatic rings. The Kier molecular flexibility index (Phi) is 13.1. The molecule has 4 amide bonds. The largest absolute Gasteiger partial charge is 0.491 e. The van der Waals surface area contributed by atoms with Crippen LogP contribution < -0.4 is 19.5 Å². The zero-order valence-corrected chi connectivity index (χ0v) is 38.9. The zero-order valence-electron chi connectivity index (χ0n) is 38.0. The van der Waals surface area contributed by atoms with Crippen molar-refractivity contribution in [3.05, 3.63) is 67.0 Å². The number of sulfonamides is 1. The van der Waals surface area contributed by atoms with Crippen molar-refractivity contribution in [3.8, 4) is 28.6 Å². The topological polar surface area (TPSA) is 202 Å². The highest BCUT2D eigenvalue weighted by Gasteiger charge is 2.64. The van der Waals surface area contributed by atoms with Crippen LogP contribution in [0.1, 0.15) is 93.4 Å². The van der Waals surface area contributed by atoms with Crippen molar-refractivity contribution in [2.24, 2.45) is 17.8 Å². The first-order valence-corrected chi connectivity index (χ1v) is 23.7. The van der Waals surface area contributed by atoms with Crippen LogP contribution in [0.15, 0.2) is 67.0 Å². The molecule has 20 heteroatoms. The van der Waals surface area contributed by atoms with E-state index >= 15 is 4.79 Å². The lowest BCUT2D eigenvalue weighted by Gasteiger charge is -2.45. The van der Waals surface area contributed by atoms with Gasteiger partial charge in [-0.1, -0.05) is 26.0 Å². The first-order chi connectivity index (χ1) is 30.9. The molecule has 16 nitrogen and oxygen atoms in total. The molecule has 358 valence electrons. The van der Waals surface area contributed by atoms with Gasteiger partial charge >= 0.3 is 12.3 Å². The van der Waals surface area contributed by atoms with Gasteiger partial charge in [-0.15, -0.1) is 0 Å². The average Bonchev–Trinajstić information content (AvgIpc) is 3.98. The molecule has 0 spiro atoms. The Hall–Kier alpha value is -5.66. The van der Waals surface area contributed by atoms with Gasteiger partial charge in [-0.3, -0.25) is 24.0 Å². The maximum atomic E-state index is 15.2. The fraction of sp³-hybridized carbons (Fsp3) is 0.565. The van der Waals surface area contributed by atoms with E-state index in [-0.39, 0.29) is 48.5 Å². The van der Waals surface area contributed by atoms with Gasteiger partial charge in [0.15, 0.2) is 5.82 Å². The van der Waals surface area contributed by atoms with E-state index in [0.717, 1.165) is 4.90 Å². The van der Waals surface area contributed by atoms with Gasteiger partial charge < -0.3 is 24.8 Å². The van der Waals surface area contributed by atoms with Crippen LogP contribution in [0.2, 0.25) is 0 Å². The third-order valence-electron chi connectivity index (χ3n) is 13.3. The van der Waals surface area contributed by atoms with Gasteiger partial charge in [-0.05, 0) is 115 Å². The van der Waals surface area contributed by atoms with Gasteiger partial charge in [0.25, 0.3) is 5.91 Å². The van der Waals surface area contributed by atoms with Gasteiger partial charge in [0.05, 0.1) is 23.1 Å². The molecule has 4 aliphatic rings. The Morgan fingerprint density at radius 3 is 2.36 bits per heavy atom. The van der Waals surface area contributed by atoms with Gasteiger partial charge in [0.1, 0.15) is 40.8 Å². The zero-order chi connectivity index (χ0) is 48.1. The Morgan fingerprint density at radius 1 is 1.06 bits per heavy atom. The number of benzene rings is 1. The van der Waals surface area contributed by atoms with Gasteiger partial charge in [-0.2, -0.15) is 18.3 Å². The molecule has 4 heterocycles. The second-order valence-electron chi connectivity index (χ2n) is 19.3. The van der Waals surface area contributed by atoms with Crippen molar-refractivity contribution in [1.29, 1.82) is 0 Å². The summed E-state index contributed by atoms with van der Waals surface area (Å²) in [6.07, 6.45) is 0.207. The minimum Gasteiger partial charge on any atom is -0.491 e. The number of amides is 4. The summed E-state index contributed by atoms with van der Waals surface area (Å²) >= 11 is 0. The normalized spacial score (nSPS) is 26.9. The van der Waals surface area contributed by atoms with Gasteiger partial charge in [0, 0.05) is 42.4 Å². The molecule has 3 fully saturated rings. The molecule has 0 bridgehead atoms. The van der Waals surface area contributed by atoms with E-state index < -0.39 is 85.9 Å². The van der Waals surface area contributed by atoms with Crippen LogP contribution in [0.5, 0.6) is 11.5 Å². The summed E-state index contributed by atoms with van der Waals surface area (Å²) in [5.41, 5.74) is -3.66. The first kappa shape index (κ1) is 48.3. The molecule has 0 unspecified atom stereocenters. The Labute approximate surface area is 382 Å². The first-order valence-electron chi connectivity index (χ1n) is 22.3. The number of carbonyl (C=O) groups excluding carboxylic acids is 3. The summed E-state index contributed by atoms with van der Waals surface area (Å²) in [5.74, 6) is -3.47. The minimum atomic E-state index is -5.11. The highest BCUT2D eigenvalue weighted by atomic mass is 32.2. The van der Waals surface area contributed by atoms with Crippen LogP contribution in [0.25, 0.3) is 17.1 Å². The third kappa shape index (κ3) is 9.74. The van der Waals surface area contributed by atoms with Crippen molar-refractivity contribution in [3.63, 3.8) is 0 Å². The van der Waals surface area contributed by atoms with E-state index in [1.165, 1.54) is 18.5 Å². The number of nitrogens with zero attached hydrogens (tertiary/aromatic N) is 5. The smallest absolute Gasteiger partial charge is 0.411 e. The van der Waals surface area contributed by atoms with Crippen molar-refractivity contribution in [2.45, 2.75) is 140 Å². The monoisotopic (exact) mass is 941 g/mol. The molecule has 2 aliphatic heterocycles. The summed E-state index contributed by atoms with van der Waals surface area (Å²) in [6.45, 7) is 9.72. The Bertz CT molecular complexity index is 2460. The highest BCUT2D eigenvalue weighted by molar-refractivity contribution is 7.91. The SMILES string of the molecule is CC(C)Oc1ccc(-c2cc(O[C@@H]3C[C@H]4C(=O)N[C@]5(C(=O)NS(=O)(=O)C6(C)CC6)C[C@H]5C=CCC[C@H](C)C[C@@H](C)[C@H](N(C(=O)O)C(C)(C)C(F)(F)F)C(=O)N4C3)cc(-n3cccn3)n2)cc1. The Balaban J connectivity index is 1.29. The number of aromatic nitrogens is 3. The summed E-state index contributed by atoms with van der Waals surface area (Å²) in [4.78, 5) is 63.1. The summed E-state index contributed by atoms with van der Waals surface area (Å²) < 4.78 is 86.1. The van der Waals surface area contributed by atoms with Crippen LogP contribution in [-0.4, -0.2) is 115 Å². The number of hydrogen-bond donors (Lipinski definition) is 3. The van der Waals surface area contributed by atoms with Gasteiger partial charge in [0.2, 0.25) is 21.8 Å². The van der Waals surface area contributed by atoms with Crippen molar-refractivity contribution in [2.75, 3.05) is 6.54 Å². The molecule has 1 saturated heterocycles. The van der Waals surface area contributed by atoms with E-state index in [0.29, 0.717) is 62.4 Å².